The van der Waals surface area contributed by atoms with Crippen molar-refractivity contribution in [2.45, 2.75) is 47.2 Å². The van der Waals surface area contributed by atoms with Gasteiger partial charge in [0.25, 0.3) is 0 Å². The fourth-order valence-corrected chi connectivity index (χ4v) is 5.43. The predicted octanol–water partition coefficient (Wildman–Crippen LogP) is 6.11. The minimum absolute atomic E-state index is 0.0236. The molecule has 6 heteroatoms. The fraction of sp³-hybridized carbons (Fsp3) is 0.241. The van der Waals surface area contributed by atoms with Crippen LogP contribution in [0.15, 0.2) is 78.9 Å². The van der Waals surface area contributed by atoms with Crippen LogP contribution in [0.3, 0.4) is 0 Å². The lowest BCUT2D eigenvalue weighted by atomic mass is 9.99. The lowest BCUT2D eigenvalue weighted by molar-refractivity contribution is 0.440. The van der Waals surface area contributed by atoms with Crippen molar-refractivity contribution in [3.05, 3.63) is 107 Å². The minimum atomic E-state index is -0.0236. The summed E-state index contributed by atoms with van der Waals surface area (Å²) in [7, 11) is 0. The number of hydrogen-bond acceptors (Lipinski definition) is 4. The summed E-state index contributed by atoms with van der Waals surface area (Å²) in [6.45, 7) is 9.67. The summed E-state index contributed by atoms with van der Waals surface area (Å²) in [5, 5.41) is 12.1. The highest BCUT2D eigenvalue weighted by Gasteiger charge is 2.35. The number of hydrogen-bond donors (Lipinski definition) is 0. The zero-order chi connectivity index (χ0) is 24.1. The van der Waals surface area contributed by atoms with E-state index in [1.807, 2.05) is 0 Å². The fourth-order valence-electron chi connectivity index (χ4n) is 5.43. The molecule has 0 aliphatic carbocycles. The molecule has 0 atom stereocenters. The Bertz CT molecular complexity index is 1420. The molecule has 0 N–H and O–H groups in total. The average Bonchev–Trinajstić information content (AvgIpc) is 3.35. The van der Waals surface area contributed by atoms with Gasteiger partial charge < -0.3 is 9.80 Å². The highest BCUT2D eigenvalue weighted by atomic mass is 15.5. The van der Waals surface area contributed by atoms with Crippen molar-refractivity contribution in [3.63, 3.8) is 0 Å². The van der Waals surface area contributed by atoms with E-state index in [9.17, 15) is 0 Å². The van der Waals surface area contributed by atoms with E-state index in [1.165, 1.54) is 27.7 Å². The standard InChI is InChI=1S/C29H30N6/c1-20-16-22(3)34(30-20)18-32-26-14-8-12-24-13-9-15-27(28(24)26)33(19-35-23(4)17-21(2)31-35)29(32)25-10-6-5-7-11-25/h5-17,29H,18-19H2,1-4H3. The van der Waals surface area contributed by atoms with Gasteiger partial charge in [0.15, 0.2) is 0 Å². The normalized spacial score (nSPS) is 13.7. The molecule has 1 aliphatic rings. The maximum Gasteiger partial charge on any atom is 0.131 e. The van der Waals surface area contributed by atoms with Crippen LogP contribution in [0.25, 0.3) is 10.8 Å². The van der Waals surface area contributed by atoms with Gasteiger partial charge in [0.2, 0.25) is 0 Å². The number of aromatic nitrogens is 4. The molecule has 6 nitrogen and oxygen atoms in total. The Kier molecular flexibility index (Phi) is 5.10. The van der Waals surface area contributed by atoms with Gasteiger partial charge in [-0.05, 0) is 62.9 Å². The van der Waals surface area contributed by atoms with E-state index < -0.39 is 0 Å². The molecule has 35 heavy (non-hydrogen) atoms. The van der Waals surface area contributed by atoms with Gasteiger partial charge in [-0.3, -0.25) is 0 Å². The van der Waals surface area contributed by atoms with E-state index in [0.29, 0.717) is 13.3 Å². The summed E-state index contributed by atoms with van der Waals surface area (Å²) >= 11 is 0. The summed E-state index contributed by atoms with van der Waals surface area (Å²) in [6.07, 6.45) is -0.0236. The molecular weight excluding hydrogens is 432 g/mol. The van der Waals surface area contributed by atoms with Gasteiger partial charge >= 0.3 is 0 Å². The van der Waals surface area contributed by atoms with E-state index in [0.717, 1.165) is 22.8 Å². The Morgan fingerprint density at radius 2 is 1.14 bits per heavy atom. The van der Waals surface area contributed by atoms with Crippen LogP contribution in [0, 0.1) is 27.7 Å². The number of rotatable bonds is 5. The smallest absolute Gasteiger partial charge is 0.131 e. The van der Waals surface area contributed by atoms with Crippen LogP contribution in [0.1, 0.15) is 34.5 Å². The molecule has 176 valence electrons. The minimum Gasteiger partial charge on any atom is -0.327 e. The Balaban J connectivity index is 1.59. The van der Waals surface area contributed by atoms with Gasteiger partial charge in [0, 0.05) is 16.8 Å². The number of nitrogens with zero attached hydrogens (tertiary/aromatic N) is 6. The molecule has 0 saturated carbocycles. The number of benzene rings is 3. The quantitative estimate of drug-likeness (QED) is 0.316. The van der Waals surface area contributed by atoms with Gasteiger partial charge in [-0.15, -0.1) is 0 Å². The summed E-state index contributed by atoms with van der Waals surface area (Å²) in [4.78, 5) is 4.96. The van der Waals surface area contributed by atoms with Crippen LogP contribution in [0.4, 0.5) is 11.4 Å². The van der Waals surface area contributed by atoms with Crippen molar-refractivity contribution >= 4 is 22.1 Å². The molecule has 0 saturated heterocycles. The van der Waals surface area contributed by atoms with Crippen LogP contribution in [-0.4, -0.2) is 19.6 Å². The second kappa shape index (κ2) is 8.31. The molecule has 6 rings (SSSR count). The van der Waals surface area contributed by atoms with Crippen molar-refractivity contribution in [3.8, 4) is 0 Å². The summed E-state index contributed by atoms with van der Waals surface area (Å²) in [5.74, 6) is 0. The largest absolute Gasteiger partial charge is 0.327 e. The van der Waals surface area contributed by atoms with Crippen LogP contribution in [-0.2, 0) is 13.3 Å². The number of aryl methyl sites for hydroxylation is 4. The van der Waals surface area contributed by atoms with Crippen molar-refractivity contribution < 1.29 is 0 Å². The van der Waals surface area contributed by atoms with Gasteiger partial charge in [0.1, 0.15) is 19.5 Å². The summed E-state index contributed by atoms with van der Waals surface area (Å²) in [6, 6.07) is 28.3. The molecule has 3 heterocycles. The maximum absolute atomic E-state index is 4.82. The van der Waals surface area contributed by atoms with Gasteiger partial charge in [-0.25, -0.2) is 9.36 Å². The van der Waals surface area contributed by atoms with Gasteiger partial charge in [0.05, 0.1) is 22.8 Å². The lowest BCUT2D eigenvalue weighted by Gasteiger charge is -2.47. The molecule has 0 radical (unpaired) electrons. The first-order chi connectivity index (χ1) is 17.0. The SMILES string of the molecule is Cc1cc(C)n(CN2c3cccc4cccc(c34)N(Cn3nc(C)cc3C)C2c2ccccc2)n1. The maximum atomic E-state index is 4.82. The molecule has 0 unspecified atom stereocenters. The molecule has 2 aromatic heterocycles. The zero-order valence-electron chi connectivity index (χ0n) is 20.7. The Morgan fingerprint density at radius 1 is 0.629 bits per heavy atom. The third kappa shape index (κ3) is 3.66. The molecular formula is C29H30N6. The lowest BCUT2D eigenvalue weighted by Crippen LogP contribution is -2.46. The van der Waals surface area contributed by atoms with E-state index in [-0.39, 0.29) is 6.17 Å². The van der Waals surface area contributed by atoms with Crippen LogP contribution >= 0.6 is 0 Å². The first-order valence-corrected chi connectivity index (χ1v) is 12.1. The Hall–Kier alpha value is -4.06. The van der Waals surface area contributed by atoms with Crippen LogP contribution in [0.2, 0.25) is 0 Å². The zero-order valence-corrected chi connectivity index (χ0v) is 20.7. The van der Waals surface area contributed by atoms with Crippen molar-refractivity contribution in [2.24, 2.45) is 0 Å². The number of anilines is 2. The van der Waals surface area contributed by atoms with E-state index in [4.69, 9.17) is 10.2 Å². The van der Waals surface area contributed by atoms with Crippen LogP contribution in [0.5, 0.6) is 0 Å². The Labute approximate surface area is 206 Å². The second-order valence-electron chi connectivity index (χ2n) is 9.51. The molecule has 0 bridgehead atoms. The van der Waals surface area contributed by atoms with Crippen LogP contribution < -0.4 is 9.80 Å². The van der Waals surface area contributed by atoms with Crippen molar-refractivity contribution in [1.82, 2.24) is 19.6 Å². The topological polar surface area (TPSA) is 42.1 Å². The van der Waals surface area contributed by atoms with E-state index in [2.05, 4.69) is 126 Å². The summed E-state index contributed by atoms with van der Waals surface area (Å²) in [5.41, 5.74) is 8.08. The average molecular weight is 463 g/mol. The predicted molar refractivity (Wildman–Crippen MR) is 141 cm³/mol. The second-order valence-corrected chi connectivity index (χ2v) is 9.51. The Morgan fingerprint density at radius 3 is 1.60 bits per heavy atom. The molecule has 1 aliphatic heterocycles. The van der Waals surface area contributed by atoms with E-state index >= 15 is 0 Å². The summed E-state index contributed by atoms with van der Waals surface area (Å²) < 4.78 is 4.22. The van der Waals surface area contributed by atoms with E-state index in [1.54, 1.807) is 0 Å². The monoisotopic (exact) mass is 462 g/mol. The first kappa shape index (κ1) is 21.5. The third-order valence-electron chi connectivity index (χ3n) is 6.95. The highest BCUT2D eigenvalue weighted by Crippen LogP contribution is 2.47. The third-order valence-corrected chi connectivity index (χ3v) is 6.95. The molecule has 0 spiro atoms. The first-order valence-electron chi connectivity index (χ1n) is 12.1. The van der Waals surface area contributed by atoms with Gasteiger partial charge in [-0.2, -0.15) is 10.2 Å². The molecule has 3 aromatic carbocycles. The molecule has 0 amide bonds. The highest BCUT2D eigenvalue weighted by molar-refractivity contribution is 6.05. The van der Waals surface area contributed by atoms with Crippen molar-refractivity contribution in [2.75, 3.05) is 9.80 Å². The molecule has 0 fully saturated rings. The molecule has 5 aromatic rings. The van der Waals surface area contributed by atoms with Crippen molar-refractivity contribution in [1.29, 1.82) is 0 Å². The van der Waals surface area contributed by atoms with Gasteiger partial charge in [-0.1, -0.05) is 54.6 Å².